The van der Waals surface area contributed by atoms with Crippen molar-refractivity contribution in [1.82, 2.24) is 30.2 Å². The minimum absolute atomic E-state index is 0.0729. The van der Waals surface area contributed by atoms with Crippen LogP contribution in [-0.2, 0) is 20.9 Å². The first-order valence-electron chi connectivity index (χ1n) is 22.0. The lowest BCUT2D eigenvalue weighted by atomic mass is 9.93. The monoisotopic (exact) mass is 834 g/mol. The largest absolute Gasteiger partial charge is 0.371 e. The maximum absolute atomic E-state index is 14.7. The number of carbonyl (C=O) groups is 5. The van der Waals surface area contributed by atoms with Crippen LogP contribution in [0.5, 0.6) is 0 Å². The van der Waals surface area contributed by atoms with E-state index in [9.17, 15) is 28.4 Å². The number of fused-ring (bicyclic) bond motifs is 1. The van der Waals surface area contributed by atoms with Gasteiger partial charge in [0.25, 0.3) is 11.8 Å². The van der Waals surface area contributed by atoms with E-state index in [-0.39, 0.29) is 41.6 Å². The second-order valence-corrected chi connectivity index (χ2v) is 17.7. The molecule has 2 N–H and O–H groups in total. The van der Waals surface area contributed by atoms with E-state index >= 15 is 0 Å². The van der Waals surface area contributed by atoms with Gasteiger partial charge >= 0.3 is 0 Å². The molecule has 5 heterocycles. The first-order valence-corrected chi connectivity index (χ1v) is 22.0. The number of unbranched alkanes of at least 4 members (excludes halogenated alkanes) is 1. The van der Waals surface area contributed by atoms with Gasteiger partial charge < -0.3 is 20.0 Å². The fourth-order valence-corrected chi connectivity index (χ4v) is 9.97. The average Bonchev–Trinajstić information content (AvgIpc) is 3.80. The molecule has 3 atom stereocenters. The molecule has 0 spiro atoms. The number of likely N-dealkylation sites (tertiary alicyclic amines) is 1. The molecule has 4 fully saturated rings. The van der Waals surface area contributed by atoms with E-state index in [1.165, 1.54) is 11.3 Å². The Morgan fingerprint density at radius 1 is 0.803 bits per heavy atom. The average molecular weight is 835 g/mol. The van der Waals surface area contributed by atoms with Gasteiger partial charge in [-0.15, -0.1) is 0 Å². The number of imide groups is 2. The van der Waals surface area contributed by atoms with Crippen LogP contribution < -0.4 is 20.4 Å². The molecule has 61 heavy (non-hydrogen) atoms. The second-order valence-electron chi connectivity index (χ2n) is 17.7. The highest BCUT2D eigenvalue weighted by Crippen LogP contribution is 2.34. The molecule has 0 saturated carbocycles. The third-order valence-electron chi connectivity index (χ3n) is 13.7. The second kappa shape index (κ2) is 18.4. The van der Waals surface area contributed by atoms with E-state index in [4.69, 9.17) is 0 Å². The molecule has 5 aliphatic heterocycles. The summed E-state index contributed by atoms with van der Waals surface area (Å²) in [4.78, 5) is 76.3. The van der Waals surface area contributed by atoms with Crippen molar-refractivity contribution in [2.75, 3.05) is 89.3 Å². The van der Waals surface area contributed by atoms with E-state index in [1.54, 1.807) is 24.3 Å². The van der Waals surface area contributed by atoms with Crippen molar-refractivity contribution in [3.63, 3.8) is 0 Å². The van der Waals surface area contributed by atoms with E-state index in [0.29, 0.717) is 51.0 Å². The molecule has 3 aromatic rings. The Hall–Kier alpha value is -5.18. The van der Waals surface area contributed by atoms with Crippen LogP contribution in [0.15, 0.2) is 60.7 Å². The number of halogens is 1. The van der Waals surface area contributed by atoms with Crippen LogP contribution in [0.4, 0.5) is 15.8 Å². The quantitative estimate of drug-likeness (QED) is 0.193. The SMILES string of the molecule is Cc1cccc(F)c1CN1C[C@H](c2ccc(N3CCN(CCCCNC(=O)C4CCN(c5ccc6c(c5)C(=O)N(C5CCC(=O)NC5=O)C6=O)CC4)CC3)cc2)[C@@H](N(C)C)C1. The first-order chi connectivity index (χ1) is 29.4. The van der Waals surface area contributed by atoms with Crippen LogP contribution in [-0.4, -0.2) is 141 Å². The number of anilines is 2. The minimum Gasteiger partial charge on any atom is -0.371 e. The van der Waals surface area contributed by atoms with Gasteiger partial charge in [-0.25, -0.2) is 4.39 Å². The third kappa shape index (κ3) is 9.22. The Bertz CT molecular complexity index is 2110. The van der Waals surface area contributed by atoms with E-state index in [0.717, 1.165) is 80.4 Å². The summed E-state index contributed by atoms with van der Waals surface area (Å²) in [6.07, 6.45) is 3.53. The lowest BCUT2D eigenvalue weighted by Gasteiger charge is -2.36. The number of amides is 5. The highest BCUT2D eigenvalue weighted by atomic mass is 19.1. The normalized spacial score (nSPS) is 23.0. The molecule has 0 aliphatic carbocycles. The van der Waals surface area contributed by atoms with Gasteiger partial charge in [-0.2, -0.15) is 0 Å². The molecule has 324 valence electrons. The van der Waals surface area contributed by atoms with Gasteiger partial charge in [0.05, 0.1) is 11.1 Å². The maximum Gasteiger partial charge on any atom is 0.262 e. The predicted molar refractivity (Wildman–Crippen MR) is 232 cm³/mol. The summed E-state index contributed by atoms with van der Waals surface area (Å²) in [7, 11) is 4.29. The molecule has 1 unspecified atom stereocenters. The summed E-state index contributed by atoms with van der Waals surface area (Å²) in [6, 6.07) is 19.0. The van der Waals surface area contributed by atoms with Crippen LogP contribution in [0.2, 0.25) is 0 Å². The van der Waals surface area contributed by atoms with E-state index in [1.807, 2.05) is 19.1 Å². The van der Waals surface area contributed by atoms with Gasteiger partial charge in [0.2, 0.25) is 17.7 Å². The van der Waals surface area contributed by atoms with Gasteiger partial charge in [-0.1, -0.05) is 24.3 Å². The lowest BCUT2D eigenvalue weighted by Crippen LogP contribution is -2.54. The van der Waals surface area contributed by atoms with Crippen molar-refractivity contribution in [1.29, 1.82) is 0 Å². The Morgan fingerprint density at radius 3 is 2.21 bits per heavy atom. The van der Waals surface area contributed by atoms with Crippen molar-refractivity contribution in [2.45, 2.75) is 70.0 Å². The summed E-state index contributed by atoms with van der Waals surface area (Å²) in [5.41, 5.74) is 5.73. The van der Waals surface area contributed by atoms with Gasteiger partial charge in [0, 0.05) is 107 Å². The molecule has 5 aliphatic rings. The van der Waals surface area contributed by atoms with Crippen LogP contribution in [0.25, 0.3) is 0 Å². The third-order valence-corrected chi connectivity index (χ3v) is 13.7. The summed E-state index contributed by atoms with van der Waals surface area (Å²) in [5.74, 6) is -1.80. The maximum atomic E-state index is 14.7. The van der Waals surface area contributed by atoms with Crippen LogP contribution in [0.3, 0.4) is 0 Å². The van der Waals surface area contributed by atoms with Crippen LogP contribution in [0.1, 0.15) is 81.8 Å². The highest BCUT2D eigenvalue weighted by molar-refractivity contribution is 6.23. The van der Waals surface area contributed by atoms with Crippen molar-refractivity contribution in [3.8, 4) is 0 Å². The number of carbonyl (C=O) groups excluding carboxylic acids is 5. The number of aryl methyl sites for hydroxylation is 1. The number of likely N-dealkylation sites (N-methyl/N-ethyl adjacent to an activating group) is 1. The smallest absolute Gasteiger partial charge is 0.262 e. The summed E-state index contributed by atoms with van der Waals surface area (Å²) < 4.78 is 14.7. The fraction of sp³-hybridized carbons (Fsp3) is 0.511. The molecule has 8 rings (SSSR count). The van der Waals surface area contributed by atoms with Crippen molar-refractivity contribution >= 4 is 40.9 Å². The molecule has 0 radical (unpaired) electrons. The molecule has 3 aromatic carbocycles. The molecule has 13 nitrogen and oxygen atoms in total. The zero-order chi connectivity index (χ0) is 42.8. The summed E-state index contributed by atoms with van der Waals surface area (Å²) >= 11 is 0. The van der Waals surface area contributed by atoms with E-state index in [2.05, 4.69) is 73.5 Å². The Morgan fingerprint density at radius 2 is 1.51 bits per heavy atom. The zero-order valence-electron chi connectivity index (χ0n) is 35.7. The molecular weight excluding hydrogens is 776 g/mol. The topological polar surface area (TPSA) is 129 Å². The standard InChI is InChI=1S/C47H59FN8O5/c1-31-7-6-8-40(48)38(31)28-53-29-39(42(30-53)51(2)3)32-9-11-34(12-10-32)55-25-23-52(24-26-55)20-5-4-19-49-44(58)33-17-21-54(22-18-33)35-13-14-36-37(27-35)47(61)56(46(36)60)41-15-16-43(57)50-45(41)59/h6-14,27,33,39,41-42H,4-5,15-26,28-30H2,1-3H3,(H,49,58)(H,50,57,59)/t39-,41?,42+/m1/s1. The Kier molecular flexibility index (Phi) is 12.8. The number of nitrogens with zero attached hydrogens (tertiary/aromatic N) is 6. The molecule has 0 bridgehead atoms. The van der Waals surface area contributed by atoms with Crippen molar-refractivity contribution in [2.24, 2.45) is 5.92 Å². The van der Waals surface area contributed by atoms with E-state index < -0.39 is 29.7 Å². The lowest BCUT2D eigenvalue weighted by molar-refractivity contribution is -0.136. The van der Waals surface area contributed by atoms with Gasteiger partial charge in [-0.05, 0) is 107 Å². The van der Waals surface area contributed by atoms with Gasteiger partial charge in [0.15, 0.2) is 0 Å². The molecule has 0 aromatic heterocycles. The Labute approximate surface area is 358 Å². The number of nitrogens with one attached hydrogen (secondary N) is 2. The number of piperidine rings is 2. The van der Waals surface area contributed by atoms with Crippen molar-refractivity contribution in [3.05, 3.63) is 94.3 Å². The summed E-state index contributed by atoms with van der Waals surface area (Å²) in [6.45, 7) is 11.4. The number of benzene rings is 3. The zero-order valence-corrected chi connectivity index (χ0v) is 35.7. The molecular formula is C47H59FN8O5. The number of hydrogen-bond acceptors (Lipinski definition) is 10. The summed E-state index contributed by atoms with van der Waals surface area (Å²) in [5, 5.41) is 5.39. The number of piperazine rings is 1. The van der Waals surface area contributed by atoms with Crippen molar-refractivity contribution < 1.29 is 28.4 Å². The fourth-order valence-electron chi connectivity index (χ4n) is 9.97. The minimum atomic E-state index is -0.993. The first kappa shape index (κ1) is 42.5. The molecule has 4 saturated heterocycles. The van der Waals surface area contributed by atoms with Crippen LogP contribution in [0, 0.1) is 18.7 Å². The Balaban J connectivity index is 0.727. The number of hydrogen-bond donors (Lipinski definition) is 2. The van der Waals surface area contributed by atoms with Gasteiger partial charge in [0.1, 0.15) is 11.9 Å². The number of rotatable bonds is 13. The molecule has 14 heteroatoms. The van der Waals surface area contributed by atoms with Crippen LogP contribution >= 0.6 is 0 Å². The molecule has 5 amide bonds. The van der Waals surface area contributed by atoms with Gasteiger partial charge in [-0.3, -0.25) is 44.0 Å². The highest BCUT2D eigenvalue weighted by Gasteiger charge is 2.45. The predicted octanol–water partition coefficient (Wildman–Crippen LogP) is 4.00.